The molecule has 0 aliphatic carbocycles. The van der Waals surface area contributed by atoms with E-state index < -0.39 is 0 Å². The van der Waals surface area contributed by atoms with Gasteiger partial charge in [0.05, 0.1) is 12.2 Å². The molecule has 1 aliphatic heterocycles. The third-order valence-corrected chi connectivity index (χ3v) is 3.45. The highest BCUT2D eigenvalue weighted by molar-refractivity contribution is 5.95. The van der Waals surface area contributed by atoms with Crippen LogP contribution in [0.25, 0.3) is 0 Å². The van der Waals surface area contributed by atoms with E-state index in [9.17, 15) is 4.79 Å². The molecule has 1 heterocycles. The van der Waals surface area contributed by atoms with Crippen molar-refractivity contribution in [2.24, 2.45) is 0 Å². The zero-order valence-electron chi connectivity index (χ0n) is 12.1. The minimum Gasteiger partial charge on any atom is -0.388 e. The summed E-state index contributed by atoms with van der Waals surface area (Å²) >= 11 is 0. The number of ether oxygens (including phenoxy) is 1. The van der Waals surface area contributed by atoms with Crippen LogP contribution in [0, 0.1) is 6.92 Å². The number of anilines is 1. The number of carbonyl (C=O) groups is 1. The molecule has 4 nitrogen and oxygen atoms in total. The maximum atomic E-state index is 12.5. The molecule has 1 fully saturated rings. The molecule has 0 saturated carbocycles. The van der Waals surface area contributed by atoms with Crippen LogP contribution in [-0.2, 0) is 4.74 Å². The molecule has 0 bridgehead atoms. The fourth-order valence-corrected chi connectivity index (χ4v) is 2.60. The monoisotopic (exact) mass is 262 g/mol. The van der Waals surface area contributed by atoms with Gasteiger partial charge in [0.2, 0.25) is 0 Å². The average molecular weight is 262 g/mol. The van der Waals surface area contributed by atoms with Crippen LogP contribution in [0.4, 0.5) is 5.69 Å². The number of carbonyl (C=O) groups excluding carboxylic acids is 1. The number of nitrogens with zero attached hydrogens (tertiary/aromatic N) is 1. The fraction of sp³-hybridized carbons (Fsp3) is 0.533. The summed E-state index contributed by atoms with van der Waals surface area (Å²) in [6.45, 7) is 7.34. The number of amides is 1. The predicted molar refractivity (Wildman–Crippen MR) is 76.6 cm³/mol. The van der Waals surface area contributed by atoms with Crippen LogP contribution in [0.1, 0.15) is 29.8 Å². The first kappa shape index (κ1) is 13.9. The molecule has 0 aromatic heterocycles. The smallest absolute Gasteiger partial charge is 0.254 e. The van der Waals surface area contributed by atoms with Crippen LogP contribution >= 0.6 is 0 Å². The topological polar surface area (TPSA) is 41.6 Å². The molecule has 1 aromatic carbocycles. The van der Waals surface area contributed by atoms with E-state index >= 15 is 0 Å². The summed E-state index contributed by atoms with van der Waals surface area (Å²) in [6.07, 6.45) is 0.204. The van der Waals surface area contributed by atoms with Crippen molar-refractivity contribution >= 4 is 11.6 Å². The highest BCUT2D eigenvalue weighted by Crippen LogP contribution is 2.19. The Labute approximate surface area is 114 Å². The van der Waals surface area contributed by atoms with Gasteiger partial charge in [-0.25, -0.2) is 0 Å². The lowest BCUT2D eigenvalue weighted by atomic mass is 10.1. The number of rotatable bonds is 2. The number of hydrogen-bond donors (Lipinski definition) is 1. The number of hydrogen-bond acceptors (Lipinski definition) is 3. The fourth-order valence-electron chi connectivity index (χ4n) is 2.60. The lowest BCUT2D eigenvalue weighted by Gasteiger charge is -2.35. The Bertz CT molecular complexity index is 463. The first-order chi connectivity index (χ1) is 9.01. The quantitative estimate of drug-likeness (QED) is 0.889. The molecule has 104 valence electrons. The second kappa shape index (κ2) is 5.61. The second-order valence-corrected chi connectivity index (χ2v) is 5.25. The molecule has 19 heavy (non-hydrogen) atoms. The third kappa shape index (κ3) is 3.07. The maximum absolute atomic E-state index is 12.5. The summed E-state index contributed by atoms with van der Waals surface area (Å²) in [5.74, 6) is 0.0905. The van der Waals surface area contributed by atoms with E-state index in [0.717, 1.165) is 16.8 Å². The Kier molecular flexibility index (Phi) is 4.10. The SMILES string of the molecule is CNc1ccc(C(=O)N2C[C@@H](C)O[C@@H](C)C2)cc1C. The van der Waals surface area contributed by atoms with E-state index in [1.165, 1.54) is 0 Å². The van der Waals surface area contributed by atoms with Gasteiger partial charge >= 0.3 is 0 Å². The Hall–Kier alpha value is -1.55. The van der Waals surface area contributed by atoms with Crippen molar-refractivity contribution in [2.75, 3.05) is 25.5 Å². The largest absolute Gasteiger partial charge is 0.388 e. The summed E-state index contributed by atoms with van der Waals surface area (Å²) in [4.78, 5) is 14.4. The second-order valence-electron chi connectivity index (χ2n) is 5.25. The van der Waals surface area contributed by atoms with E-state index in [1.54, 1.807) is 0 Å². The van der Waals surface area contributed by atoms with Crippen molar-refractivity contribution in [1.29, 1.82) is 0 Å². The lowest BCUT2D eigenvalue weighted by molar-refractivity contribution is -0.0586. The summed E-state index contributed by atoms with van der Waals surface area (Å²) in [6, 6.07) is 5.78. The van der Waals surface area contributed by atoms with Crippen LogP contribution in [0.2, 0.25) is 0 Å². The number of nitrogens with one attached hydrogen (secondary N) is 1. The molecule has 2 atom stereocenters. The molecule has 1 saturated heterocycles. The molecule has 1 N–H and O–H groups in total. The molecule has 1 aromatic rings. The van der Waals surface area contributed by atoms with Crippen LogP contribution in [0.3, 0.4) is 0 Å². The van der Waals surface area contributed by atoms with Gasteiger partial charge in [0.1, 0.15) is 0 Å². The van der Waals surface area contributed by atoms with Crippen LogP contribution in [0.5, 0.6) is 0 Å². The molecule has 1 amide bonds. The van der Waals surface area contributed by atoms with Crippen LogP contribution < -0.4 is 5.32 Å². The van der Waals surface area contributed by atoms with E-state index in [2.05, 4.69) is 5.32 Å². The van der Waals surface area contributed by atoms with Crippen molar-refractivity contribution in [3.8, 4) is 0 Å². The van der Waals surface area contributed by atoms with Crippen molar-refractivity contribution in [3.63, 3.8) is 0 Å². The van der Waals surface area contributed by atoms with Crippen molar-refractivity contribution < 1.29 is 9.53 Å². The number of benzene rings is 1. The lowest BCUT2D eigenvalue weighted by Crippen LogP contribution is -2.48. The summed E-state index contributed by atoms with van der Waals surface area (Å²) in [7, 11) is 1.88. The highest BCUT2D eigenvalue weighted by Gasteiger charge is 2.26. The Morgan fingerprint density at radius 3 is 2.47 bits per heavy atom. The van der Waals surface area contributed by atoms with E-state index in [1.807, 2.05) is 50.9 Å². The number of aryl methyl sites for hydroxylation is 1. The van der Waals surface area contributed by atoms with Gasteiger partial charge in [0, 0.05) is 31.4 Å². The Morgan fingerprint density at radius 2 is 1.95 bits per heavy atom. The number of morpholine rings is 1. The molecule has 4 heteroatoms. The molecule has 0 radical (unpaired) electrons. The van der Waals surface area contributed by atoms with E-state index in [4.69, 9.17) is 4.74 Å². The van der Waals surface area contributed by atoms with Gasteiger partial charge in [0.15, 0.2) is 0 Å². The standard InChI is InChI=1S/C15H22N2O2/c1-10-7-13(5-6-14(10)16-4)15(18)17-8-11(2)19-12(3)9-17/h5-7,11-12,16H,8-9H2,1-4H3/t11-,12+. The van der Waals surface area contributed by atoms with Gasteiger partial charge < -0.3 is 15.0 Å². The summed E-state index contributed by atoms with van der Waals surface area (Å²) in [5, 5.41) is 3.11. The van der Waals surface area contributed by atoms with E-state index in [-0.39, 0.29) is 18.1 Å². The molecular formula is C15H22N2O2. The summed E-state index contributed by atoms with van der Waals surface area (Å²) < 4.78 is 5.66. The minimum atomic E-state index is 0.0905. The Morgan fingerprint density at radius 1 is 1.32 bits per heavy atom. The molecule has 0 unspecified atom stereocenters. The molecule has 1 aliphatic rings. The zero-order valence-corrected chi connectivity index (χ0v) is 12.1. The first-order valence-corrected chi connectivity index (χ1v) is 6.74. The third-order valence-electron chi connectivity index (χ3n) is 3.45. The highest BCUT2D eigenvalue weighted by atomic mass is 16.5. The van der Waals surface area contributed by atoms with Crippen molar-refractivity contribution in [1.82, 2.24) is 4.90 Å². The maximum Gasteiger partial charge on any atom is 0.254 e. The van der Waals surface area contributed by atoms with E-state index in [0.29, 0.717) is 13.1 Å². The van der Waals surface area contributed by atoms with Gasteiger partial charge in [0.25, 0.3) is 5.91 Å². The van der Waals surface area contributed by atoms with Gasteiger partial charge in [-0.05, 0) is 44.5 Å². The van der Waals surface area contributed by atoms with Crippen molar-refractivity contribution in [2.45, 2.75) is 33.0 Å². The van der Waals surface area contributed by atoms with Gasteiger partial charge in [-0.2, -0.15) is 0 Å². The summed E-state index contributed by atoms with van der Waals surface area (Å²) in [5.41, 5.74) is 2.89. The van der Waals surface area contributed by atoms with Crippen molar-refractivity contribution in [3.05, 3.63) is 29.3 Å². The first-order valence-electron chi connectivity index (χ1n) is 6.74. The van der Waals surface area contributed by atoms with Gasteiger partial charge in [-0.3, -0.25) is 4.79 Å². The molecular weight excluding hydrogens is 240 g/mol. The van der Waals surface area contributed by atoms with Gasteiger partial charge in [-0.15, -0.1) is 0 Å². The Balaban J connectivity index is 2.17. The molecule has 2 rings (SSSR count). The zero-order chi connectivity index (χ0) is 14.0. The van der Waals surface area contributed by atoms with Crippen LogP contribution in [0.15, 0.2) is 18.2 Å². The predicted octanol–water partition coefficient (Wildman–Crippen LogP) is 2.29. The van der Waals surface area contributed by atoms with Gasteiger partial charge in [-0.1, -0.05) is 0 Å². The average Bonchev–Trinajstić information content (AvgIpc) is 2.36. The normalized spacial score (nSPS) is 23.3. The van der Waals surface area contributed by atoms with Crippen LogP contribution in [-0.4, -0.2) is 43.2 Å². The minimum absolute atomic E-state index is 0.0905. The molecule has 0 spiro atoms.